The molecule has 2 aromatic rings. The van der Waals surface area contributed by atoms with Crippen LogP contribution in [0.5, 0.6) is 0 Å². The van der Waals surface area contributed by atoms with Crippen LogP contribution < -0.4 is 0 Å². The molecule has 0 aliphatic carbocycles. The molecule has 0 radical (unpaired) electrons. The van der Waals surface area contributed by atoms with Gasteiger partial charge in [0.2, 0.25) is 0 Å². The van der Waals surface area contributed by atoms with Gasteiger partial charge >= 0.3 is 0 Å². The Morgan fingerprint density at radius 3 is 3.00 bits per heavy atom. The summed E-state index contributed by atoms with van der Waals surface area (Å²) < 4.78 is 7.60. The van der Waals surface area contributed by atoms with Gasteiger partial charge < -0.3 is 14.5 Å². The van der Waals surface area contributed by atoms with Crippen LogP contribution in [0, 0.1) is 0 Å². The number of hydrogen-bond acceptors (Lipinski definition) is 5. The SMILES string of the molecule is CN1CCC2OCCN(C(=O)c3cn[nH]c3-c3cnn(C)c3)C2C1. The lowest BCUT2D eigenvalue weighted by atomic mass is 9.98. The number of rotatable bonds is 2. The van der Waals surface area contributed by atoms with E-state index in [2.05, 4.69) is 27.2 Å². The monoisotopic (exact) mass is 330 g/mol. The molecule has 0 aromatic carbocycles. The molecule has 2 unspecified atom stereocenters. The van der Waals surface area contributed by atoms with Crippen molar-refractivity contribution in [1.82, 2.24) is 29.8 Å². The average molecular weight is 330 g/mol. The van der Waals surface area contributed by atoms with E-state index in [1.165, 1.54) is 0 Å². The number of H-pyrrole nitrogens is 1. The first kappa shape index (κ1) is 15.3. The van der Waals surface area contributed by atoms with E-state index >= 15 is 0 Å². The number of aromatic amines is 1. The summed E-state index contributed by atoms with van der Waals surface area (Å²) in [7, 11) is 3.94. The Morgan fingerprint density at radius 2 is 2.21 bits per heavy atom. The zero-order chi connectivity index (χ0) is 16.7. The summed E-state index contributed by atoms with van der Waals surface area (Å²) in [6.45, 7) is 3.06. The molecule has 2 saturated heterocycles. The highest BCUT2D eigenvalue weighted by Gasteiger charge is 2.39. The molecular weight excluding hydrogens is 308 g/mol. The summed E-state index contributed by atoms with van der Waals surface area (Å²) >= 11 is 0. The maximum atomic E-state index is 13.2. The van der Waals surface area contributed by atoms with E-state index in [1.54, 1.807) is 17.1 Å². The fourth-order valence-corrected chi connectivity index (χ4v) is 3.66. The minimum Gasteiger partial charge on any atom is -0.374 e. The Hall–Kier alpha value is -2.19. The average Bonchev–Trinajstić information content (AvgIpc) is 3.22. The fourth-order valence-electron chi connectivity index (χ4n) is 3.66. The molecule has 128 valence electrons. The Morgan fingerprint density at radius 1 is 1.33 bits per heavy atom. The molecule has 0 spiro atoms. The summed E-state index contributed by atoms with van der Waals surface area (Å²) in [6.07, 6.45) is 6.32. The van der Waals surface area contributed by atoms with Crippen molar-refractivity contribution >= 4 is 5.91 Å². The van der Waals surface area contributed by atoms with Gasteiger partial charge in [-0.05, 0) is 13.5 Å². The quantitative estimate of drug-likeness (QED) is 0.860. The van der Waals surface area contributed by atoms with Gasteiger partial charge in [-0.25, -0.2) is 0 Å². The van der Waals surface area contributed by atoms with Crippen LogP contribution >= 0.6 is 0 Å². The predicted molar refractivity (Wildman–Crippen MR) is 87.5 cm³/mol. The molecule has 4 heterocycles. The van der Waals surface area contributed by atoms with Gasteiger partial charge in [0.15, 0.2) is 0 Å². The zero-order valence-corrected chi connectivity index (χ0v) is 14.0. The van der Waals surface area contributed by atoms with Crippen LogP contribution in [-0.2, 0) is 11.8 Å². The molecule has 2 aliphatic rings. The van der Waals surface area contributed by atoms with Crippen LogP contribution in [0.2, 0.25) is 0 Å². The van der Waals surface area contributed by atoms with Crippen molar-refractivity contribution in [3.05, 3.63) is 24.2 Å². The van der Waals surface area contributed by atoms with E-state index in [9.17, 15) is 4.79 Å². The molecule has 2 aromatic heterocycles. The molecule has 8 heteroatoms. The maximum absolute atomic E-state index is 13.2. The molecule has 1 N–H and O–H groups in total. The van der Waals surface area contributed by atoms with Crippen molar-refractivity contribution < 1.29 is 9.53 Å². The molecule has 1 amide bonds. The smallest absolute Gasteiger partial charge is 0.258 e. The highest BCUT2D eigenvalue weighted by molar-refractivity contribution is 6.00. The van der Waals surface area contributed by atoms with Crippen molar-refractivity contribution in [2.24, 2.45) is 7.05 Å². The number of ether oxygens (including phenoxy) is 1. The number of morpholine rings is 1. The van der Waals surface area contributed by atoms with Gasteiger partial charge in [-0.3, -0.25) is 14.6 Å². The normalized spacial score (nSPS) is 24.8. The first-order valence-corrected chi connectivity index (χ1v) is 8.27. The summed E-state index contributed by atoms with van der Waals surface area (Å²) in [6, 6.07) is 0.0987. The molecule has 0 saturated carbocycles. The lowest BCUT2D eigenvalue weighted by molar-refractivity contribution is -0.0869. The van der Waals surface area contributed by atoms with Gasteiger partial charge in [0.1, 0.15) is 0 Å². The Kier molecular flexibility index (Phi) is 3.85. The second kappa shape index (κ2) is 6.03. The third-order valence-corrected chi connectivity index (χ3v) is 4.91. The van der Waals surface area contributed by atoms with Crippen LogP contribution in [0.3, 0.4) is 0 Å². The number of nitrogens with zero attached hydrogens (tertiary/aromatic N) is 5. The van der Waals surface area contributed by atoms with E-state index in [0.29, 0.717) is 18.7 Å². The lowest BCUT2D eigenvalue weighted by Crippen LogP contribution is -2.60. The first-order chi connectivity index (χ1) is 11.6. The van der Waals surface area contributed by atoms with Gasteiger partial charge in [0, 0.05) is 38.4 Å². The molecular formula is C16H22N6O2. The van der Waals surface area contributed by atoms with Crippen LogP contribution in [0.4, 0.5) is 0 Å². The van der Waals surface area contributed by atoms with Gasteiger partial charge in [0.05, 0.1) is 42.4 Å². The molecule has 2 aliphatic heterocycles. The fraction of sp³-hybridized carbons (Fsp3) is 0.562. The number of nitrogens with one attached hydrogen (secondary N) is 1. The van der Waals surface area contributed by atoms with Gasteiger partial charge in [-0.15, -0.1) is 0 Å². The molecule has 8 nitrogen and oxygen atoms in total. The van der Waals surface area contributed by atoms with Gasteiger partial charge in [-0.2, -0.15) is 10.2 Å². The predicted octanol–water partition coefficient (Wildman–Crippen LogP) is 0.355. The van der Waals surface area contributed by atoms with E-state index in [0.717, 1.165) is 30.8 Å². The van der Waals surface area contributed by atoms with Crippen molar-refractivity contribution in [3.8, 4) is 11.3 Å². The van der Waals surface area contributed by atoms with Crippen molar-refractivity contribution in [3.63, 3.8) is 0 Å². The molecule has 24 heavy (non-hydrogen) atoms. The van der Waals surface area contributed by atoms with E-state index in [1.807, 2.05) is 18.1 Å². The highest BCUT2D eigenvalue weighted by Crippen LogP contribution is 2.27. The van der Waals surface area contributed by atoms with Crippen LogP contribution in [0.25, 0.3) is 11.3 Å². The van der Waals surface area contributed by atoms with Crippen LogP contribution in [-0.4, -0.2) is 81.1 Å². The summed E-state index contributed by atoms with van der Waals surface area (Å²) in [5.41, 5.74) is 2.18. The van der Waals surface area contributed by atoms with Crippen molar-refractivity contribution in [2.45, 2.75) is 18.6 Å². The lowest BCUT2D eigenvalue weighted by Gasteiger charge is -2.46. The van der Waals surface area contributed by atoms with Crippen molar-refractivity contribution in [2.75, 3.05) is 33.3 Å². The molecule has 4 rings (SSSR count). The second-order valence-corrected chi connectivity index (χ2v) is 6.59. The minimum atomic E-state index is 0.0104. The third kappa shape index (κ3) is 2.61. The standard InChI is InChI=1S/C16H22N6O2/c1-20-4-3-14-13(10-20)22(5-6-24-14)16(23)12-8-17-19-15(12)11-7-18-21(2)9-11/h7-9,13-14H,3-6,10H2,1-2H3,(H,17,19). The summed E-state index contributed by atoms with van der Waals surface area (Å²) in [5.74, 6) is 0.0104. The number of aromatic nitrogens is 4. The number of fused-ring (bicyclic) bond motifs is 1. The molecule has 2 atom stereocenters. The van der Waals surface area contributed by atoms with Crippen LogP contribution in [0.15, 0.2) is 18.6 Å². The minimum absolute atomic E-state index is 0.0104. The van der Waals surface area contributed by atoms with E-state index in [-0.39, 0.29) is 18.1 Å². The number of likely N-dealkylation sites (tertiary alicyclic amines) is 1. The number of carbonyl (C=O) groups is 1. The maximum Gasteiger partial charge on any atom is 0.258 e. The summed E-state index contributed by atoms with van der Waals surface area (Å²) in [5, 5.41) is 11.2. The van der Waals surface area contributed by atoms with Crippen molar-refractivity contribution in [1.29, 1.82) is 0 Å². The number of hydrogen-bond donors (Lipinski definition) is 1. The Labute approximate surface area is 140 Å². The van der Waals surface area contributed by atoms with E-state index in [4.69, 9.17) is 4.74 Å². The van der Waals surface area contributed by atoms with E-state index < -0.39 is 0 Å². The highest BCUT2D eigenvalue weighted by atomic mass is 16.5. The van der Waals surface area contributed by atoms with Gasteiger partial charge in [0.25, 0.3) is 5.91 Å². The molecule has 0 bridgehead atoms. The molecule has 2 fully saturated rings. The summed E-state index contributed by atoms with van der Waals surface area (Å²) in [4.78, 5) is 17.4. The zero-order valence-electron chi connectivity index (χ0n) is 14.0. The Bertz CT molecular complexity index is 739. The van der Waals surface area contributed by atoms with Crippen LogP contribution in [0.1, 0.15) is 16.8 Å². The Balaban J connectivity index is 1.63. The third-order valence-electron chi connectivity index (χ3n) is 4.91. The first-order valence-electron chi connectivity index (χ1n) is 8.27. The number of piperidine rings is 1. The number of amides is 1. The van der Waals surface area contributed by atoms with Gasteiger partial charge in [-0.1, -0.05) is 0 Å². The second-order valence-electron chi connectivity index (χ2n) is 6.59. The number of aryl methyl sites for hydroxylation is 1. The number of carbonyl (C=O) groups excluding carboxylic acids is 1. The largest absolute Gasteiger partial charge is 0.374 e. The topological polar surface area (TPSA) is 79.3 Å². The number of likely N-dealkylation sites (N-methyl/N-ethyl adjacent to an activating group) is 1.